The summed E-state index contributed by atoms with van der Waals surface area (Å²) in [4.78, 5) is 32.4. The summed E-state index contributed by atoms with van der Waals surface area (Å²) < 4.78 is 0. The van der Waals surface area contributed by atoms with Crippen LogP contribution in [0.1, 0.15) is 27.7 Å². The highest BCUT2D eigenvalue weighted by Crippen LogP contribution is 2.15. The fourth-order valence-corrected chi connectivity index (χ4v) is 3.65. The van der Waals surface area contributed by atoms with Gasteiger partial charge in [0.25, 0.3) is 0 Å². The van der Waals surface area contributed by atoms with Gasteiger partial charge in [0.2, 0.25) is 11.8 Å². The van der Waals surface area contributed by atoms with Gasteiger partial charge >= 0.3 is 0 Å². The highest BCUT2D eigenvalue weighted by Gasteiger charge is 2.33. The molecule has 0 saturated carbocycles. The van der Waals surface area contributed by atoms with Crippen LogP contribution in [0.15, 0.2) is 0 Å². The number of rotatable bonds is 4. The number of piperazine rings is 2. The molecule has 2 aliphatic rings. The summed E-state index contributed by atoms with van der Waals surface area (Å²) in [7, 11) is 0. The fraction of sp³-hybridized carbons (Fsp3) is 0.882. The predicted molar refractivity (Wildman–Crippen MR) is 92.6 cm³/mol. The van der Waals surface area contributed by atoms with E-state index >= 15 is 0 Å². The van der Waals surface area contributed by atoms with Crippen LogP contribution in [0.25, 0.3) is 0 Å². The summed E-state index contributed by atoms with van der Waals surface area (Å²) in [5.41, 5.74) is 0. The molecule has 0 unspecified atom stereocenters. The molecule has 2 fully saturated rings. The lowest BCUT2D eigenvalue weighted by Crippen LogP contribution is -2.60. The number of β-amino-alcohol motifs (C(OH)–C–C–N with tert-alkyl or cyclic N) is 1. The monoisotopic (exact) mass is 340 g/mol. The van der Waals surface area contributed by atoms with E-state index in [2.05, 4.69) is 16.7 Å². The molecule has 0 aromatic rings. The zero-order chi connectivity index (χ0) is 17.9. The lowest BCUT2D eigenvalue weighted by molar-refractivity contribution is -0.142. The normalized spacial score (nSPS) is 26.3. The number of hydrogen-bond donors (Lipinski definition) is 1. The predicted octanol–water partition coefficient (Wildman–Crippen LogP) is -0.547. The molecule has 0 spiro atoms. The minimum Gasteiger partial charge on any atom is -0.392 e. The van der Waals surface area contributed by atoms with Crippen LogP contribution in [0.2, 0.25) is 0 Å². The Labute approximate surface area is 145 Å². The zero-order valence-corrected chi connectivity index (χ0v) is 15.4. The molecular formula is C17H32N4O3. The van der Waals surface area contributed by atoms with Crippen LogP contribution in [-0.2, 0) is 9.59 Å². The molecule has 2 heterocycles. The van der Waals surface area contributed by atoms with Crippen LogP contribution in [0, 0.1) is 0 Å². The number of nitrogens with zero attached hydrogens (tertiary/aromatic N) is 4. The van der Waals surface area contributed by atoms with Crippen molar-refractivity contribution in [3.63, 3.8) is 0 Å². The van der Waals surface area contributed by atoms with Gasteiger partial charge in [-0.2, -0.15) is 0 Å². The summed E-state index contributed by atoms with van der Waals surface area (Å²) in [5, 5.41) is 9.57. The Hall–Kier alpha value is -1.18. The van der Waals surface area contributed by atoms with Gasteiger partial charge in [-0.3, -0.25) is 19.4 Å². The lowest BCUT2D eigenvalue weighted by Gasteiger charge is -2.44. The molecule has 0 radical (unpaired) electrons. The van der Waals surface area contributed by atoms with Crippen molar-refractivity contribution >= 4 is 11.8 Å². The average molecular weight is 340 g/mol. The molecule has 138 valence electrons. The Balaban J connectivity index is 1.85. The SMILES string of the molecule is CC(=O)N1CCN(C(=O)[C@H](C)N2CCN(C[C@H](C)O)[C@@H](C)C2)CC1. The minimum absolute atomic E-state index is 0.0817. The van der Waals surface area contributed by atoms with Crippen molar-refractivity contribution in [1.82, 2.24) is 19.6 Å². The number of aliphatic hydroxyl groups is 1. The minimum atomic E-state index is -0.323. The first-order valence-corrected chi connectivity index (χ1v) is 9.00. The molecule has 2 amide bonds. The number of amides is 2. The Morgan fingerprint density at radius 2 is 1.62 bits per heavy atom. The molecule has 2 aliphatic heterocycles. The van der Waals surface area contributed by atoms with Gasteiger partial charge in [0, 0.05) is 65.3 Å². The van der Waals surface area contributed by atoms with Crippen molar-refractivity contribution in [3.05, 3.63) is 0 Å². The van der Waals surface area contributed by atoms with E-state index < -0.39 is 0 Å². The van der Waals surface area contributed by atoms with Crippen molar-refractivity contribution in [3.8, 4) is 0 Å². The summed E-state index contributed by atoms with van der Waals surface area (Å²) >= 11 is 0. The molecule has 2 saturated heterocycles. The Kier molecular flexibility index (Phi) is 6.60. The van der Waals surface area contributed by atoms with Crippen molar-refractivity contribution < 1.29 is 14.7 Å². The van der Waals surface area contributed by atoms with Crippen LogP contribution < -0.4 is 0 Å². The highest BCUT2D eigenvalue weighted by molar-refractivity contribution is 5.82. The molecule has 0 aromatic heterocycles. The third-order valence-electron chi connectivity index (χ3n) is 5.24. The standard InChI is InChI=1S/C17H32N4O3/c1-13-11-21(10-9-20(13)12-14(2)22)15(3)17(24)19-7-5-18(6-8-19)16(4)23/h13-15,22H,5-12H2,1-4H3/t13-,14-,15-/m0/s1. The van der Waals surface area contributed by atoms with Crippen molar-refractivity contribution in [2.24, 2.45) is 0 Å². The maximum absolute atomic E-state index is 12.8. The topological polar surface area (TPSA) is 67.3 Å². The Morgan fingerprint density at radius 1 is 1.04 bits per heavy atom. The van der Waals surface area contributed by atoms with E-state index in [1.54, 1.807) is 11.8 Å². The van der Waals surface area contributed by atoms with E-state index in [9.17, 15) is 14.7 Å². The summed E-state index contributed by atoms with van der Waals surface area (Å²) in [5.74, 6) is 0.243. The van der Waals surface area contributed by atoms with E-state index in [1.165, 1.54) is 0 Å². The van der Waals surface area contributed by atoms with Crippen molar-refractivity contribution in [2.45, 2.75) is 45.9 Å². The first kappa shape index (κ1) is 19.1. The summed E-state index contributed by atoms with van der Waals surface area (Å²) in [6.45, 7) is 13.3. The van der Waals surface area contributed by atoms with Gasteiger partial charge in [0.15, 0.2) is 0 Å². The van der Waals surface area contributed by atoms with Crippen LogP contribution in [0.4, 0.5) is 0 Å². The molecule has 0 aromatic carbocycles. The molecule has 3 atom stereocenters. The first-order chi connectivity index (χ1) is 11.3. The van der Waals surface area contributed by atoms with E-state index in [-0.39, 0.29) is 24.0 Å². The molecule has 0 bridgehead atoms. The molecule has 7 nitrogen and oxygen atoms in total. The second kappa shape index (κ2) is 8.27. The van der Waals surface area contributed by atoms with Crippen LogP contribution in [-0.4, -0.2) is 107 Å². The number of aliphatic hydroxyl groups excluding tert-OH is 1. The summed E-state index contributed by atoms with van der Waals surface area (Å²) in [6, 6.07) is 0.197. The highest BCUT2D eigenvalue weighted by atomic mass is 16.3. The van der Waals surface area contributed by atoms with Crippen LogP contribution >= 0.6 is 0 Å². The van der Waals surface area contributed by atoms with Gasteiger partial charge in [-0.15, -0.1) is 0 Å². The summed E-state index contributed by atoms with van der Waals surface area (Å²) in [6.07, 6.45) is -0.323. The third-order valence-corrected chi connectivity index (χ3v) is 5.24. The zero-order valence-electron chi connectivity index (χ0n) is 15.4. The van der Waals surface area contributed by atoms with Crippen molar-refractivity contribution in [2.75, 3.05) is 52.4 Å². The van der Waals surface area contributed by atoms with Gasteiger partial charge in [-0.1, -0.05) is 0 Å². The van der Waals surface area contributed by atoms with Crippen LogP contribution in [0.5, 0.6) is 0 Å². The number of carbonyl (C=O) groups is 2. The smallest absolute Gasteiger partial charge is 0.239 e. The van der Waals surface area contributed by atoms with Gasteiger partial charge in [-0.25, -0.2) is 0 Å². The second-order valence-corrected chi connectivity index (χ2v) is 7.20. The quantitative estimate of drug-likeness (QED) is 0.744. The van der Waals surface area contributed by atoms with Crippen molar-refractivity contribution in [1.29, 1.82) is 0 Å². The molecule has 1 N–H and O–H groups in total. The van der Waals surface area contributed by atoms with Gasteiger partial charge < -0.3 is 14.9 Å². The third kappa shape index (κ3) is 4.68. The molecule has 0 aliphatic carbocycles. The number of carbonyl (C=O) groups excluding carboxylic acids is 2. The molecule has 7 heteroatoms. The average Bonchev–Trinajstić information content (AvgIpc) is 2.55. The lowest BCUT2D eigenvalue weighted by atomic mass is 10.1. The molecular weight excluding hydrogens is 308 g/mol. The van der Waals surface area contributed by atoms with Gasteiger partial charge in [0.05, 0.1) is 12.1 Å². The first-order valence-electron chi connectivity index (χ1n) is 9.00. The Morgan fingerprint density at radius 3 is 2.12 bits per heavy atom. The van der Waals surface area contributed by atoms with Crippen LogP contribution in [0.3, 0.4) is 0 Å². The second-order valence-electron chi connectivity index (χ2n) is 7.20. The van der Waals surface area contributed by atoms with Gasteiger partial charge in [0.1, 0.15) is 0 Å². The van der Waals surface area contributed by atoms with Gasteiger partial charge in [-0.05, 0) is 20.8 Å². The number of hydrogen-bond acceptors (Lipinski definition) is 5. The molecule has 24 heavy (non-hydrogen) atoms. The van der Waals surface area contributed by atoms with E-state index in [4.69, 9.17) is 0 Å². The van der Waals surface area contributed by atoms with E-state index in [0.717, 1.165) is 19.6 Å². The maximum Gasteiger partial charge on any atom is 0.239 e. The molecule has 2 rings (SSSR count). The van der Waals surface area contributed by atoms with E-state index in [1.807, 2.05) is 18.7 Å². The largest absolute Gasteiger partial charge is 0.392 e. The van der Waals surface area contributed by atoms with E-state index in [0.29, 0.717) is 38.8 Å². The fourth-order valence-electron chi connectivity index (χ4n) is 3.65. The Bertz CT molecular complexity index is 449. The maximum atomic E-state index is 12.8.